The van der Waals surface area contributed by atoms with E-state index in [1.54, 1.807) is 18.2 Å². The zero-order valence-corrected chi connectivity index (χ0v) is 10.3. The van der Waals surface area contributed by atoms with Crippen LogP contribution in [0.2, 0.25) is 5.02 Å². The second-order valence-electron chi connectivity index (χ2n) is 3.89. The number of amides is 1. The highest BCUT2D eigenvalue weighted by Gasteiger charge is 2.08. The van der Waals surface area contributed by atoms with Gasteiger partial charge in [0.1, 0.15) is 0 Å². The van der Waals surface area contributed by atoms with Gasteiger partial charge in [0.25, 0.3) is 0 Å². The van der Waals surface area contributed by atoms with Crippen LogP contribution < -0.4 is 11.1 Å². The molecule has 1 rings (SSSR count). The van der Waals surface area contributed by atoms with Crippen molar-refractivity contribution in [2.24, 2.45) is 5.73 Å². The maximum absolute atomic E-state index is 11.0. The van der Waals surface area contributed by atoms with Crippen LogP contribution in [-0.2, 0) is 0 Å². The summed E-state index contributed by atoms with van der Waals surface area (Å²) in [6.45, 7) is 4.20. The first-order chi connectivity index (χ1) is 7.54. The normalized spacial score (nSPS) is 12.2. The van der Waals surface area contributed by atoms with Crippen LogP contribution in [0.1, 0.15) is 37.0 Å². The van der Waals surface area contributed by atoms with Crippen molar-refractivity contribution in [3.8, 4) is 0 Å². The number of carbonyl (C=O) groups is 1. The minimum atomic E-state index is -0.442. The minimum Gasteiger partial charge on any atom is -0.381 e. The second kappa shape index (κ2) is 5.75. The van der Waals surface area contributed by atoms with Gasteiger partial charge in [-0.2, -0.15) is 0 Å². The van der Waals surface area contributed by atoms with Gasteiger partial charge < -0.3 is 11.1 Å². The lowest BCUT2D eigenvalue weighted by atomic mass is 10.1. The topological polar surface area (TPSA) is 55.1 Å². The molecule has 0 aliphatic heterocycles. The van der Waals surface area contributed by atoms with Crippen molar-refractivity contribution in [2.75, 3.05) is 5.32 Å². The monoisotopic (exact) mass is 240 g/mol. The fourth-order valence-electron chi connectivity index (χ4n) is 1.56. The number of halogens is 1. The number of anilines is 1. The lowest BCUT2D eigenvalue weighted by Gasteiger charge is -2.15. The van der Waals surface area contributed by atoms with Gasteiger partial charge in [0, 0.05) is 11.6 Å². The molecule has 16 heavy (non-hydrogen) atoms. The third-order valence-corrected chi connectivity index (χ3v) is 2.70. The smallest absolute Gasteiger partial charge is 0.248 e. The molecule has 0 aliphatic carbocycles. The molecule has 1 unspecified atom stereocenters. The zero-order valence-electron chi connectivity index (χ0n) is 9.59. The van der Waals surface area contributed by atoms with E-state index in [0.29, 0.717) is 16.6 Å². The Morgan fingerprint density at radius 1 is 1.56 bits per heavy atom. The standard InChI is InChI=1S/C12H17ClN2O/c1-3-4-8(2)15-11-7-9(12(14)16)5-6-10(11)13/h5-8,15H,3-4H2,1-2H3,(H2,14,16). The third-order valence-electron chi connectivity index (χ3n) is 2.37. The average Bonchev–Trinajstić information content (AvgIpc) is 2.21. The van der Waals surface area contributed by atoms with Crippen molar-refractivity contribution in [1.82, 2.24) is 0 Å². The minimum absolute atomic E-state index is 0.325. The quantitative estimate of drug-likeness (QED) is 0.831. The molecule has 1 aromatic rings. The second-order valence-corrected chi connectivity index (χ2v) is 4.30. The zero-order chi connectivity index (χ0) is 12.1. The Balaban J connectivity index is 2.85. The Bertz CT molecular complexity index is 379. The first-order valence-electron chi connectivity index (χ1n) is 5.40. The van der Waals surface area contributed by atoms with Gasteiger partial charge in [-0.3, -0.25) is 4.79 Å². The van der Waals surface area contributed by atoms with E-state index >= 15 is 0 Å². The fourth-order valence-corrected chi connectivity index (χ4v) is 1.73. The summed E-state index contributed by atoms with van der Waals surface area (Å²) in [4.78, 5) is 11.0. The molecule has 0 bridgehead atoms. The summed E-state index contributed by atoms with van der Waals surface area (Å²) >= 11 is 6.03. The van der Waals surface area contributed by atoms with E-state index in [9.17, 15) is 4.79 Å². The van der Waals surface area contributed by atoms with Crippen LogP contribution in [0.5, 0.6) is 0 Å². The molecule has 0 fully saturated rings. The predicted molar refractivity (Wildman–Crippen MR) is 68.0 cm³/mol. The van der Waals surface area contributed by atoms with E-state index in [2.05, 4.69) is 19.2 Å². The van der Waals surface area contributed by atoms with Crippen LogP contribution in [0.15, 0.2) is 18.2 Å². The number of primary amides is 1. The van der Waals surface area contributed by atoms with Crippen molar-refractivity contribution in [3.63, 3.8) is 0 Å². The molecule has 4 heteroatoms. The van der Waals surface area contributed by atoms with Crippen LogP contribution in [0, 0.1) is 0 Å². The molecule has 0 spiro atoms. The molecule has 0 saturated heterocycles. The van der Waals surface area contributed by atoms with Gasteiger partial charge >= 0.3 is 0 Å². The van der Waals surface area contributed by atoms with Crippen LogP contribution in [0.3, 0.4) is 0 Å². The van der Waals surface area contributed by atoms with Crippen molar-refractivity contribution in [3.05, 3.63) is 28.8 Å². The van der Waals surface area contributed by atoms with Crippen LogP contribution >= 0.6 is 11.6 Å². The van der Waals surface area contributed by atoms with Gasteiger partial charge in [0.05, 0.1) is 10.7 Å². The number of nitrogens with two attached hydrogens (primary N) is 1. The molecule has 0 aliphatic rings. The Morgan fingerprint density at radius 3 is 2.81 bits per heavy atom. The highest BCUT2D eigenvalue weighted by Crippen LogP contribution is 2.24. The van der Waals surface area contributed by atoms with E-state index < -0.39 is 5.91 Å². The number of hydrogen-bond donors (Lipinski definition) is 2. The lowest BCUT2D eigenvalue weighted by molar-refractivity contribution is 0.100. The average molecular weight is 241 g/mol. The third kappa shape index (κ3) is 3.42. The highest BCUT2D eigenvalue weighted by atomic mass is 35.5. The summed E-state index contributed by atoms with van der Waals surface area (Å²) in [5, 5.41) is 3.87. The molecule has 3 nitrogen and oxygen atoms in total. The van der Waals surface area contributed by atoms with E-state index in [0.717, 1.165) is 18.5 Å². The first-order valence-corrected chi connectivity index (χ1v) is 5.78. The number of benzene rings is 1. The van der Waals surface area contributed by atoms with E-state index in [-0.39, 0.29) is 0 Å². The summed E-state index contributed by atoms with van der Waals surface area (Å²) in [7, 11) is 0. The maximum atomic E-state index is 11.0. The Morgan fingerprint density at radius 2 is 2.25 bits per heavy atom. The van der Waals surface area contributed by atoms with E-state index in [4.69, 9.17) is 17.3 Å². The predicted octanol–water partition coefficient (Wildman–Crippen LogP) is 3.04. The summed E-state index contributed by atoms with van der Waals surface area (Å²) in [5.41, 5.74) is 6.44. The van der Waals surface area contributed by atoms with Crippen molar-refractivity contribution in [1.29, 1.82) is 0 Å². The fraction of sp³-hybridized carbons (Fsp3) is 0.417. The Hall–Kier alpha value is -1.22. The molecule has 0 saturated carbocycles. The Kier molecular flexibility index (Phi) is 4.62. The van der Waals surface area contributed by atoms with Crippen molar-refractivity contribution < 1.29 is 4.79 Å². The van der Waals surface area contributed by atoms with Crippen molar-refractivity contribution >= 4 is 23.2 Å². The molecular formula is C12H17ClN2O. The van der Waals surface area contributed by atoms with E-state index in [1.165, 1.54) is 0 Å². The van der Waals surface area contributed by atoms with Gasteiger partial charge in [0.2, 0.25) is 5.91 Å². The molecule has 1 aromatic carbocycles. The molecule has 88 valence electrons. The molecule has 1 atom stereocenters. The Labute approximate surface area is 101 Å². The summed E-state index contributed by atoms with van der Waals surface area (Å²) in [5.74, 6) is -0.442. The van der Waals surface area contributed by atoms with E-state index in [1.807, 2.05) is 0 Å². The molecule has 3 N–H and O–H groups in total. The van der Waals surface area contributed by atoms with Gasteiger partial charge in [-0.25, -0.2) is 0 Å². The van der Waals surface area contributed by atoms with Gasteiger partial charge in [0.15, 0.2) is 0 Å². The molecular weight excluding hydrogens is 224 g/mol. The summed E-state index contributed by atoms with van der Waals surface area (Å²) in [6, 6.07) is 5.32. The maximum Gasteiger partial charge on any atom is 0.248 e. The summed E-state index contributed by atoms with van der Waals surface area (Å²) < 4.78 is 0. The van der Waals surface area contributed by atoms with Gasteiger partial charge in [-0.1, -0.05) is 24.9 Å². The molecule has 1 amide bonds. The van der Waals surface area contributed by atoms with Crippen molar-refractivity contribution in [2.45, 2.75) is 32.7 Å². The number of rotatable bonds is 5. The summed E-state index contributed by atoms with van der Waals surface area (Å²) in [6.07, 6.45) is 2.15. The molecule has 0 heterocycles. The number of hydrogen-bond acceptors (Lipinski definition) is 2. The van der Waals surface area contributed by atoms with Crippen LogP contribution in [-0.4, -0.2) is 11.9 Å². The SMILES string of the molecule is CCCC(C)Nc1cc(C(N)=O)ccc1Cl. The number of carbonyl (C=O) groups excluding carboxylic acids is 1. The first kappa shape index (κ1) is 12.8. The highest BCUT2D eigenvalue weighted by molar-refractivity contribution is 6.33. The van der Waals surface area contributed by atoms with Crippen LogP contribution in [0.4, 0.5) is 5.69 Å². The lowest BCUT2D eigenvalue weighted by Crippen LogP contribution is -2.16. The van der Waals surface area contributed by atoms with Crippen LogP contribution in [0.25, 0.3) is 0 Å². The van der Waals surface area contributed by atoms with Gasteiger partial charge in [-0.15, -0.1) is 0 Å². The largest absolute Gasteiger partial charge is 0.381 e. The van der Waals surface area contributed by atoms with Gasteiger partial charge in [-0.05, 0) is 31.5 Å². The number of nitrogens with one attached hydrogen (secondary N) is 1. The molecule has 0 aromatic heterocycles. The molecule has 0 radical (unpaired) electrons.